The number of benzene rings is 1. The maximum atomic E-state index is 13.0. The number of carbonyl (C=O) groups excluding carboxylic acids is 1. The number of hydrogen-bond donors (Lipinski definition) is 2. The Kier molecular flexibility index (Phi) is 3.89. The maximum absolute atomic E-state index is 13.0. The fraction of sp³-hybridized carbons (Fsp3) is 0.385. The molecule has 0 aliphatic heterocycles. The molecule has 2 N–H and O–H groups in total. The number of carboxylic acids is 1. The summed E-state index contributed by atoms with van der Waals surface area (Å²) in [4.78, 5) is 22.3. The molecule has 4 nitrogen and oxygen atoms in total. The Hall–Kier alpha value is -2.12. The highest BCUT2D eigenvalue weighted by molar-refractivity contribution is 5.89. The fourth-order valence-corrected chi connectivity index (χ4v) is 2.02. The number of alkyl halides is 3. The number of hydrogen-bond acceptors (Lipinski definition) is 2. The minimum Gasteiger partial charge on any atom is -0.481 e. The molecular formula is C13H11F4NO3. The molecule has 2 rings (SSSR count). The SMILES string of the molecule is O=C(N[C@H](c1ccc(F)cc1)C(F)(F)F)[C@H]1C[C@H]1C(=O)O. The van der Waals surface area contributed by atoms with Crippen molar-refractivity contribution in [3.63, 3.8) is 0 Å². The van der Waals surface area contributed by atoms with Gasteiger partial charge in [-0.15, -0.1) is 0 Å². The first kappa shape index (κ1) is 15.3. The summed E-state index contributed by atoms with van der Waals surface area (Å²) in [6.07, 6.45) is -4.74. The smallest absolute Gasteiger partial charge is 0.412 e. The van der Waals surface area contributed by atoms with Crippen LogP contribution in [0.2, 0.25) is 0 Å². The Bertz CT molecular complexity index is 556. The van der Waals surface area contributed by atoms with E-state index in [4.69, 9.17) is 5.11 Å². The van der Waals surface area contributed by atoms with E-state index in [0.29, 0.717) is 0 Å². The molecule has 1 aromatic carbocycles. The minimum atomic E-state index is -4.76. The molecule has 1 aliphatic carbocycles. The number of nitrogens with one attached hydrogen (secondary N) is 1. The van der Waals surface area contributed by atoms with Crippen molar-refractivity contribution in [2.45, 2.75) is 18.6 Å². The van der Waals surface area contributed by atoms with Gasteiger partial charge in [0, 0.05) is 0 Å². The second-order valence-corrected chi connectivity index (χ2v) is 4.82. The lowest BCUT2D eigenvalue weighted by Crippen LogP contribution is -2.39. The number of halogens is 4. The summed E-state index contributed by atoms with van der Waals surface area (Å²) in [6.45, 7) is 0. The van der Waals surface area contributed by atoms with Gasteiger partial charge in [0.05, 0.1) is 11.8 Å². The third kappa shape index (κ3) is 3.50. The van der Waals surface area contributed by atoms with Crippen LogP contribution < -0.4 is 5.32 Å². The van der Waals surface area contributed by atoms with Crippen LogP contribution in [0.5, 0.6) is 0 Å². The van der Waals surface area contributed by atoms with E-state index in [2.05, 4.69) is 0 Å². The van der Waals surface area contributed by atoms with Crippen LogP contribution in [0.1, 0.15) is 18.0 Å². The van der Waals surface area contributed by atoms with Gasteiger partial charge in [0.15, 0.2) is 6.04 Å². The summed E-state index contributed by atoms with van der Waals surface area (Å²) in [5, 5.41) is 10.5. The van der Waals surface area contributed by atoms with Gasteiger partial charge < -0.3 is 10.4 Å². The largest absolute Gasteiger partial charge is 0.481 e. The van der Waals surface area contributed by atoms with Crippen LogP contribution >= 0.6 is 0 Å². The van der Waals surface area contributed by atoms with Crippen molar-refractivity contribution in [2.24, 2.45) is 11.8 Å². The molecule has 0 bridgehead atoms. The molecule has 0 saturated heterocycles. The number of amides is 1. The molecule has 1 saturated carbocycles. The standard InChI is InChI=1S/C13H11F4NO3/c14-7-3-1-6(2-4-7)10(13(15,16)17)18-11(19)8-5-9(8)12(20)21/h1-4,8-10H,5H2,(H,18,19)(H,20,21)/t8-,9+,10+/m0/s1. The zero-order valence-electron chi connectivity index (χ0n) is 10.5. The molecule has 1 aromatic rings. The minimum absolute atomic E-state index is 0.0230. The van der Waals surface area contributed by atoms with Crippen LogP contribution in [-0.2, 0) is 9.59 Å². The molecule has 0 unspecified atom stereocenters. The predicted octanol–water partition coefficient (Wildman–Crippen LogP) is 2.27. The van der Waals surface area contributed by atoms with Crippen molar-refractivity contribution < 1.29 is 32.3 Å². The Morgan fingerprint density at radius 1 is 1.19 bits per heavy atom. The topological polar surface area (TPSA) is 66.4 Å². The fourth-order valence-electron chi connectivity index (χ4n) is 2.02. The van der Waals surface area contributed by atoms with Gasteiger partial charge in [-0.2, -0.15) is 13.2 Å². The first-order valence-corrected chi connectivity index (χ1v) is 6.05. The van der Waals surface area contributed by atoms with Crippen LogP contribution in [0.15, 0.2) is 24.3 Å². The first-order valence-electron chi connectivity index (χ1n) is 6.05. The molecule has 21 heavy (non-hydrogen) atoms. The van der Waals surface area contributed by atoms with Gasteiger partial charge in [-0.25, -0.2) is 4.39 Å². The van der Waals surface area contributed by atoms with Gasteiger partial charge in [0.1, 0.15) is 5.82 Å². The second-order valence-electron chi connectivity index (χ2n) is 4.82. The molecule has 8 heteroatoms. The lowest BCUT2D eigenvalue weighted by atomic mass is 10.1. The van der Waals surface area contributed by atoms with Crippen molar-refractivity contribution in [1.29, 1.82) is 0 Å². The van der Waals surface area contributed by atoms with Crippen LogP contribution in [0.25, 0.3) is 0 Å². The summed E-state index contributed by atoms with van der Waals surface area (Å²) >= 11 is 0. The van der Waals surface area contributed by atoms with Crippen molar-refractivity contribution in [3.8, 4) is 0 Å². The highest BCUT2D eigenvalue weighted by atomic mass is 19.4. The summed E-state index contributed by atoms with van der Waals surface area (Å²) in [5.41, 5.74) is -0.315. The highest BCUT2D eigenvalue weighted by Crippen LogP contribution is 2.40. The number of carboxylic acid groups (broad SMARTS) is 1. The Morgan fingerprint density at radius 3 is 2.19 bits per heavy atom. The Labute approximate surface area is 116 Å². The zero-order valence-corrected chi connectivity index (χ0v) is 10.5. The van der Waals surface area contributed by atoms with E-state index in [9.17, 15) is 27.2 Å². The molecule has 1 aliphatic rings. The molecule has 3 atom stereocenters. The summed E-state index contributed by atoms with van der Waals surface area (Å²) < 4.78 is 51.7. The number of rotatable bonds is 4. The molecule has 114 valence electrons. The van der Waals surface area contributed by atoms with E-state index in [1.165, 1.54) is 0 Å². The average molecular weight is 305 g/mol. The first-order chi connectivity index (χ1) is 9.70. The van der Waals surface area contributed by atoms with Crippen LogP contribution in [0.4, 0.5) is 17.6 Å². The van der Waals surface area contributed by atoms with E-state index >= 15 is 0 Å². The van der Waals surface area contributed by atoms with Gasteiger partial charge in [-0.1, -0.05) is 12.1 Å². The van der Waals surface area contributed by atoms with E-state index in [0.717, 1.165) is 24.3 Å². The molecule has 1 fully saturated rings. The van der Waals surface area contributed by atoms with Gasteiger partial charge in [-0.3, -0.25) is 9.59 Å². The van der Waals surface area contributed by atoms with Gasteiger partial charge >= 0.3 is 12.1 Å². The van der Waals surface area contributed by atoms with E-state index in [1.54, 1.807) is 5.32 Å². The molecule has 0 radical (unpaired) electrons. The quantitative estimate of drug-likeness (QED) is 0.839. The number of carbonyl (C=O) groups is 2. The monoisotopic (exact) mass is 305 g/mol. The van der Waals surface area contributed by atoms with Crippen molar-refractivity contribution in [3.05, 3.63) is 35.6 Å². The number of aliphatic carboxylic acids is 1. The van der Waals surface area contributed by atoms with Crippen molar-refractivity contribution in [1.82, 2.24) is 5.32 Å². The summed E-state index contributed by atoms with van der Waals surface area (Å²) in [7, 11) is 0. The van der Waals surface area contributed by atoms with Crippen molar-refractivity contribution >= 4 is 11.9 Å². The lowest BCUT2D eigenvalue weighted by molar-refractivity contribution is -0.164. The van der Waals surface area contributed by atoms with Gasteiger partial charge in [0.2, 0.25) is 5.91 Å². The molecule has 0 spiro atoms. The summed E-state index contributed by atoms with van der Waals surface area (Å²) in [5.74, 6) is -4.76. The lowest BCUT2D eigenvalue weighted by Gasteiger charge is -2.22. The molecule has 0 aromatic heterocycles. The normalized spacial score (nSPS) is 22.5. The molecule has 0 heterocycles. The Morgan fingerprint density at radius 2 is 1.76 bits per heavy atom. The van der Waals surface area contributed by atoms with E-state index < -0.39 is 41.7 Å². The summed E-state index contributed by atoms with van der Waals surface area (Å²) in [6, 6.07) is 1.28. The maximum Gasteiger partial charge on any atom is 0.412 e. The van der Waals surface area contributed by atoms with Crippen LogP contribution in [-0.4, -0.2) is 23.2 Å². The second kappa shape index (κ2) is 5.34. The van der Waals surface area contributed by atoms with Crippen LogP contribution in [0, 0.1) is 17.7 Å². The average Bonchev–Trinajstić information content (AvgIpc) is 3.16. The predicted molar refractivity (Wildman–Crippen MR) is 62.6 cm³/mol. The van der Waals surface area contributed by atoms with E-state index in [-0.39, 0.29) is 12.0 Å². The van der Waals surface area contributed by atoms with E-state index in [1.807, 2.05) is 0 Å². The highest BCUT2D eigenvalue weighted by Gasteiger charge is 2.51. The molecular weight excluding hydrogens is 294 g/mol. The zero-order chi connectivity index (χ0) is 15.8. The van der Waals surface area contributed by atoms with Gasteiger partial charge in [0.25, 0.3) is 0 Å². The van der Waals surface area contributed by atoms with Crippen molar-refractivity contribution in [2.75, 3.05) is 0 Å². The molecule has 1 amide bonds. The van der Waals surface area contributed by atoms with Gasteiger partial charge in [-0.05, 0) is 24.1 Å². The third-order valence-corrected chi connectivity index (χ3v) is 3.26. The van der Waals surface area contributed by atoms with Crippen LogP contribution in [0.3, 0.4) is 0 Å². The third-order valence-electron chi connectivity index (χ3n) is 3.26. The Balaban J connectivity index is 2.13.